The van der Waals surface area contributed by atoms with E-state index in [-0.39, 0.29) is 12.3 Å². The zero-order valence-electron chi connectivity index (χ0n) is 10.8. The number of benzene rings is 1. The van der Waals surface area contributed by atoms with Crippen LogP contribution < -0.4 is 4.74 Å². The van der Waals surface area contributed by atoms with Crippen LogP contribution in [0, 0.1) is 16.0 Å². The maximum atomic E-state index is 10.6. The molecule has 0 fully saturated rings. The van der Waals surface area contributed by atoms with E-state index >= 15 is 0 Å². The molecule has 1 aromatic rings. The quantitative estimate of drug-likeness (QED) is 0.599. The highest BCUT2D eigenvalue weighted by atomic mass is 16.6. The van der Waals surface area contributed by atoms with E-state index < -0.39 is 4.92 Å². The molecular formula is C13H19NO4. The minimum Gasteiger partial charge on any atom is -0.493 e. The Balaban J connectivity index is 2.73. The molecule has 0 saturated heterocycles. The van der Waals surface area contributed by atoms with E-state index in [0.29, 0.717) is 23.8 Å². The lowest BCUT2D eigenvalue weighted by atomic mass is 10.1. The van der Waals surface area contributed by atoms with Gasteiger partial charge in [0.25, 0.3) is 5.69 Å². The van der Waals surface area contributed by atoms with E-state index in [4.69, 9.17) is 4.74 Å². The smallest absolute Gasteiger partial charge is 0.270 e. The monoisotopic (exact) mass is 253 g/mol. The highest BCUT2D eigenvalue weighted by molar-refractivity contribution is 5.43. The van der Waals surface area contributed by atoms with Gasteiger partial charge in [0, 0.05) is 17.7 Å². The minimum atomic E-state index is -0.483. The zero-order chi connectivity index (χ0) is 13.5. The summed E-state index contributed by atoms with van der Waals surface area (Å²) >= 11 is 0. The van der Waals surface area contributed by atoms with Gasteiger partial charge in [-0.15, -0.1) is 0 Å². The lowest BCUT2D eigenvalue weighted by Crippen LogP contribution is -2.09. The van der Waals surface area contributed by atoms with Crippen LogP contribution in [-0.4, -0.2) is 16.6 Å². The molecule has 5 heteroatoms. The molecule has 0 saturated carbocycles. The van der Waals surface area contributed by atoms with Crippen molar-refractivity contribution < 1.29 is 14.8 Å². The fourth-order valence-electron chi connectivity index (χ4n) is 1.75. The highest BCUT2D eigenvalue weighted by Gasteiger charge is 2.12. The molecule has 5 nitrogen and oxygen atoms in total. The van der Waals surface area contributed by atoms with Gasteiger partial charge in [0.1, 0.15) is 5.75 Å². The van der Waals surface area contributed by atoms with Crippen LogP contribution in [0.4, 0.5) is 5.69 Å². The van der Waals surface area contributed by atoms with Gasteiger partial charge in [-0.05, 0) is 18.4 Å². The van der Waals surface area contributed by atoms with Crippen LogP contribution in [0.25, 0.3) is 0 Å². The summed E-state index contributed by atoms with van der Waals surface area (Å²) in [7, 11) is 0. The van der Waals surface area contributed by atoms with Crippen molar-refractivity contribution in [2.75, 3.05) is 6.61 Å². The molecule has 100 valence electrons. The van der Waals surface area contributed by atoms with Crippen LogP contribution in [0.15, 0.2) is 18.2 Å². The zero-order valence-corrected chi connectivity index (χ0v) is 10.8. The summed E-state index contributed by atoms with van der Waals surface area (Å²) < 4.78 is 5.59. The second-order valence-electron chi connectivity index (χ2n) is 4.41. The number of aliphatic hydroxyl groups is 1. The van der Waals surface area contributed by atoms with Gasteiger partial charge in [-0.1, -0.05) is 20.3 Å². The molecule has 0 radical (unpaired) electrons. The third-order valence-corrected chi connectivity index (χ3v) is 2.73. The van der Waals surface area contributed by atoms with Gasteiger partial charge in [0.15, 0.2) is 0 Å². The van der Waals surface area contributed by atoms with E-state index in [1.54, 1.807) is 6.07 Å². The summed E-state index contributed by atoms with van der Waals surface area (Å²) in [5, 5.41) is 19.8. The number of nitrogens with zero attached hydrogens (tertiary/aromatic N) is 1. The van der Waals surface area contributed by atoms with Crippen LogP contribution >= 0.6 is 0 Å². The summed E-state index contributed by atoms with van der Waals surface area (Å²) in [5.74, 6) is 0.947. The summed E-state index contributed by atoms with van der Waals surface area (Å²) in [6, 6.07) is 4.28. The maximum absolute atomic E-state index is 10.6. The number of nitro benzene ring substituents is 1. The first-order valence-electron chi connectivity index (χ1n) is 6.09. The van der Waals surface area contributed by atoms with E-state index in [1.165, 1.54) is 12.1 Å². The number of hydrogen-bond donors (Lipinski definition) is 1. The van der Waals surface area contributed by atoms with E-state index in [0.717, 1.165) is 12.8 Å². The maximum Gasteiger partial charge on any atom is 0.270 e. The highest BCUT2D eigenvalue weighted by Crippen LogP contribution is 2.25. The Labute approximate surface area is 107 Å². The number of rotatable bonds is 7. The number of aliphatic hydroxyl groups excluding tert-OH is 1. The fraction of sp³-hybridized carbons (Fsp3) is 0.538. The molecule has 0 heterocycles. The van der Waals surface area contributed by atoms with Gasteiger partial charge in [-0.3, -0.25) is 10.1 Å². The van der Waals surface area contributed by atoms with Crippen molar-refractivity contribution in [2.45, 2.75) is 33.3 Å². The molecule has 0 aliphatic carbocycles. The van der Waals surface area contributed by atoms with E-state index in [2.05, 4.69) is 13.8 Å². The van der Waals surface area contributed by atoms with Gasteiger partial charge < -0.3 is 9.84 Å². The van der Waals surface area contributed by atoms with Crippen molar-refractivity contribution in [2.24, 2.45) is 5.92 Å². The molecule has 1 N–H and O–H groups in total. The van der Waals surface area contributed by atoms with Gasteiger partial charge >= 0.3 is 0 Å². The van der Waals surface area contributed by atoms with Crippen molar-refractivity contribution in [3.05, 3.63) is 33.9 Å². The number of nitro groups is 1. The Morgan fingerprint density at radius 3 is 2.78 bits per heavy atom. The summed E-state index contributed by atoms with van der Waals surface area (Å²) in [6.07, 6.45) is 2.17. The standard InChI is InChI=1S/C13H19NO4/c1-3-4-10(2)9-18-13-6-5-12(14(16)17)7-11(13)8-15/h5-7,10,15H,3-4,8-9H2,1-2H3. The number of hydrogen-bond acceptors (Lipinski definition) is 4. The van der Waals surface area contributed by atoms with Crippen LogP contribution in [-0.2, 0) is 6.61 Å². The fourth-order valence-corrected chi connectivity index (χ4v) is 1.75. The number of non-ortho nitro benzene ring substituents is 1. The molecular weight excluding hydrogens is 234 g/mol. The molecule has 0 bridgehead atoms. The third kappa shape index (κ3) is 4.00. The van der Waals surface area contributed by atoms with Crippen LogP contribution in [0.2, 0.25) is 0 Å². The molecule has 0 aromatic heterocycles. The topological polar surface area (TPSA) is 72.6 Å². The average molecular weight is 253 g/mol. The summed E-state index contributed by atoms with van der Waals surface area (Å²) in [5.41, 5.74) is 0.418. The van der Waals surface area contributed by atoms with Gasteiger partial charge in [-0.25, -0.2) is 0 Å². The number of ether oxygens (including phenoxy) is 1. The molecule has 1 atom stereocenters. The average Bonchev–Trinajstić information content (AvgIpc) is 2.36. The molecule has 0 amide bonds. The Morgan fingerprint density at radius 1 is 1.50 bits per heavy atom. The lowest BCUT2D eigenvalue weighted by molar-refractivity contribution is -0.385. The Bertz CT molecular complexity index is 406. The predicted molar refractivity (Wildman–Crippen MR) is 68.6 cm³/mol. The molecule has 1 rings (SSSR count). The Kier molecular flexibility index (Phi) is 5.58. The summed E-state index contributed by atoms with van der Waals surface area (Å²) in [4.78, 5) is 10.1. The Morgan fingerprint density at radius 2 is 2.22 bits per heavy atom. The van der Waals surface area contributed by atoms with Crippen LogP contribution in [0.3, 0.4) is 0 Å². The van der Waals surface area contributed by atoms with E-state index in [1.807, 2.05) is 0 Å². The molecule has 0 aliphatic rings. The minimum absolute atomic E-state index is 0.0343. The molecule has 18 heavy (non-hydrogen) atoms. The van der Waals surface area contributed by atoms with Crippen molar-refractivity contribution in [1.29, 1.82) is 0 Å². The van der Waals surface area contributed by atoms with Crippen LogP contribution in [0.1, 0.15) is 32.3 Å². The summed E-state index contributed by atoms with van der Waals surface area (Å²) in [6.45, 7) is 4.49. The van der Waals surface area contributed by atoms with Crippen molar-refractivity contribution in [3.8, 4) is 5.75 Å². The van der Waals surface area contributed by atoms with Crippen LogP contribution in [0.5, 0.6) is 5.75 Å². The largest absolute Gasteiger partial charge is 0.493 e. The molecule has 0 spiro atoms. The lowest BCUT2D eigenvalue weighted by Gasteiger charge is -2.14. The molecule has 0 aliphatic heterocycles. The van der Waals surface area contributed by atoms with E-state index in [9.17, 15) is 15.2 Å². The SMILES string of the molecule is CCCC(C)COc1ccc([N+](=O)[O-])cc1CO. The normalized spacial score (nSPS) is 12.2. The van der Waals surface area contributed by atoms with Gasteiger partial charge in [0.05, 0.1) is 18.1 Å². The van der Waals surface area contributed by atoms with Crippen molar-refractivity contribution >= 4 is 5.69 Å². The first-order chi connectivity index (χ1) is 8.58. The Hall–Kier alpha value is -1.62. The second kappa shape index (κ2) is 6.96. The first kappa shape index (κ1) is 14.4. The van der Waals surface area contributed by atoms with Gasteiger partial charge in [0.2, 0.25) is 0 Å². The predicted octanol–water partition coefficient (Wildman–Crippen LogP) is 2.90. The molecule has 1 aromatic carbocycles. The molecule has 1 unspecified atom stereocenters. The van der Waals surface area contributed by atoms with Crippen molar-refractivity contribution in [3.63, 3.8) is 0 Å². The second-order valence-corrected chi connectivity index (χ2v) is 4.41. The third-order valence-electron chi connectivity index (χ3n) is 2.73. The van der Waals surface area contributed by atoms with Crippen molar-refractivity contribution in [1.82, 2.24) is 0 Å². The first-order valence-corrected chi connectivity index (χ1v) is 6.09. The van der Waals surface area contributed by atoms with Gasteiger partial charge in [-0.2, -0.15) is 0 Å².